The largest absolute Gasteiger partial charge is 0.456 e. The Morgan fingerprint density at radius 3 is 1.59 bits per heavy atom. The summed E-state index contributed by atoms with van der Waals surface area (Å²) in [4.78, 5) is 2.28. The first-order valence-electron chi connectivity index (χ1n) is 17.4. The van der Waals surface area contributed by atoms with Gasteiger partial charge in [0.15, 0.2) is 0 Å². The fraction of sp³-hybridized carbons (Fsp3) is 0. The molecule has 0 aliphatic carbocycles. The maximum Gasteiger partial charge on any atom is 0.137 e. The fourth-order valence-electron chi connectivity index (χ4n) is 7.62. The van der Waals surface area contributed by atoms with Gasteiger partial charge in [-0.25, -0.2) is 0 Å². The SMILES string of the molecule is c1ccc(N(c2ccc(-c3ccc(-c4ccccc4-n4c5ccccc5c5ccccc54)cc3)cc2)c2ccc3c(c2)oc2ccccc23)cc1. The Morgan fingerprint density at radius 2 is 0.863 bits per heavy atom. The smallest absolute Gasteiger partial charge is 0.137 e. The topological polar surface area (TPSA) is 21.3 Å². The molecule has 3 heteroatoms. The van der Waals surface area contributed by atoms with Crippen LogP contribution < -0.4 is 4.90 Å². The van der Waals surface area contributed by atoms with Crippen LogP contribution in [0.15, 0.2) is 199 Å². The van der Waals surface area contributed by atoms with Crippen molar-refractivity contribution < 1.29 is 4.42 Å². The molecule has 0 unspecified atom stereocenters. The molecule has 0 saturated carbocycles. The Morgan fingerprint density at radius 1 is 0.353 bits per heavy atom. The van der Waals surface area contributed by atoms with Crippen molar-refractivity contribution in [3.8, 4) is 27.9 Å². The number of anilines is 3. The lowest BCUT2D eigenvalue weighted by Crippen LogP contribution is -2.09. The Bertz CT molecular complexity index is 2790. The molecule has 0 N–H and O–H groups in total. The molecule has 0 bridgehead atoms. The molecule has 0 amide bonds. The molecular weight excluding hydrogens is 621 g/mol. The molecule has 51 heavy (non-hydrogen) atoms. The predicted octanol–water partition coefficient (Wildman–Crippen LogP) is 13.5. The maximum atomic E-state index is 6.27. The van der Waals surface area contributed by atoms with E-state index in [0.29, 0.717) is 0 Å². The van der Waals surface area contributed by atoms with Crippen LogP contribution in [-0.4, -0.2) is 4.57 Å². The summed E-state index contributed by atoms with van der Waals surface area (Å²) in [7, 11) is 0. The minimum absolute atomic E-state index is 0.881. The summed E-state index contributed by atoms with van der Waals surface area (Å²) in [5, 5.41) is 4.79. The van der Waals surface area contributed by atoms with Gasteiger partial charge in [0.1, 0.15) is 11.2 Å². The highest BCUT2D eigenvalue weighted by Crippen LogP contribution is 2.40. The van der Waals surface area contributed by atoms with Crippen molar-refractivity contribution in [2.24, 2.45) is 0 Å². The standard InChI is InChI=1S/C48H32N2O/c1-2-12-36(13-3-1)49(38-30-31-43-42-17-7-11-21-47(42)51-48(43)32-38)37-28-26-34(27-29-37)33-22-24-35(25-23-33)39-14-4-8-18-44(39)50-45-19-9-5-15-40(45)41-16-6-10-20-46(41)50/h1-32H. The molecule has 10 rings (SSSR count). The number of aromatic nitrogens is 1. The zero-order chi connectivity index (χ0) is 33.7. The quantitative estimate of drug-likeness (QED) is 0.178. The Kier molecular flexibility index (Phi) is 6.81. The Balaban J connectivity index is 1.00. The van der Waals surface area contributed by atoms with Gasteiger partial charge in [-0.05, 0) is 77.4 Å². The van der Waals surface area contributed by atoms with Crippen LogP contribution in [-0.2, 0) is 0 Å². The number of nitrogens with zero attached hydrogens (tertiary/aromatic N) is 2. The monoisotopic (exact) mass is 652 g/mol. The third kappa shape index (κ3) is 4.90. The number of hydrogen-bond acceptors (Lipinski definition) is 2. The normalized spacial score (nSPS) is 11.5. The zero-order valence-electron chi connectivity index (χ0n) is 27.8. The second-order valence-electron chi connectivity index (χ2n) is 13.0. The molecule has 2 aromatic heterocycles. The van der Waals surface area contributed by atoms with Crippen LogP contribution in [0.4, 0.5) is 17.1 Å². The summed E-state index contributed by atoms with van der Waals surface area (Å²) in [5.41, 5.74) is 13.3. The molecule has 10 aromatic rings. The number of fused-ring (bicyclic) bond motifs is 6. The van der Waals surface area contributed by atoms with Crippen molar-refractivity contribution in [1.29, 1.82) is 0 Å². The highest BCUT2D eigenvalue weighted by Gasteiger charge is 2.17. The van der Waals surface area contributed by atoms with E-state index in [1.807, 2.05) is 12.1 Å². The average molecular weight is 653 g/mol. The van der Waals surface area contributed by atoms with E-state index in [1.165, 1.54) is 49.7 Å². The number of para-hydroxylation sites is 5. The molecule has 240 valence electrons. The van der Waals surface area contributed by atoms with Crippen molar-refractivity contribution in [3.05, 3.63) is 194 Å². The number of hydrogen-bond donors (Lipinski definition) is 0. The zero-order valence-corrected chi connectivity index (χ0v) is 27.8. The average Bonchev–Trinajstić information content (AvgIpc) is 3.74. The van der Waals surface area contributed by atoms with E-state index in [1.54, 1.807) is 0 Å². The van der Waals surface area contributed by atoms with Crippen molar-refractivity contribution in [2.75, 3.05) is 4.90 Å². The van der Waals surface area contributed by atoms with Crippen LogP contribution in [0.1, 0.15) is 0 Å². The lowest BCUT2D eigenvalue weighted by atomic mass is 9.98. The highest BCUT2D eigenvalue weighted by molar-refractivity contribution is 6.10. The van der Waals surface area contributed by atoms with Gasteiger partial charge in [-0.3, -0.25) is 0 Å². The number of benzene rings is 8. The molecule has 0 atom stereocenters. The fourth-order valence-corrected chi connectivity index (χ4v) is 7.62. The summed E-state index contributed by atoms with van der Waals surface area (Å²) in [6, 6.07) is 69.1. The molecule has 0 radical (unpaired) electrons. The summed E-state index contributed by atoms with van der Waals surface area (Å²) in [6.45, 7) is 0. The Labute approximate surface area is 295 Å². The second kappa shape index (κ2) is 11.9. The second-order valence-corrected chi connectivity index (χ2v) is 13.0. The van der Waals surface area contributed by atoms with Gasteiger partial charge >= 0.3 is 0 Å². The van der Waals surface area contributed by atoms with Gasteiger partial charge in [-0.1, -0.05) is 127 Å². The van der Waals surface area contributed by atoms with Crippen LogP contribution >= 0.6 is 0 Å². The number of furan rings is 1. The molecule has 8 aromatic carbocycles. The van der Waals surface area contributed by atoms with E-state index in [2.05, 4.69) is 191 Å². The number of rotatable bonds is 6. The van der Waals surface area contributed by atoms with E-state index in [9.17, 15) is 0 Å². The molecular formula is C48H32N2O. The van der Waals surface area contributed by atoms with Gasteiger partial charge < -0.3 is 13.9 Å². The van der Waals surface area contributed by atoms with Crippen molar-refractivity contribution in [3.63, 3.8) is 0 Å². The minimum atomic E-state index is 0.881. The van der Waals surface area contributed by atoms with Gasteiger partial charge in [0.05, 0.1) is 16.7 Å². The highest BCUT2D eigenvalue weighted by atomic mass is 16.3. The first-order valence-corrected chi connectivity index (χ1v) is 17.4. The molecule has 0 fully saturated rings. The summed E-state index contributed by atoms with van der Waals surface area (Å²) < 4.78 is 8.67. The van der Waals surface area contributed by atoms with Crippen molar-refractivity contribution in [1.82, 2.24) is 4.57 Å². The maximum absolute atomic E-state index is 6.27. The molecule has 0 aliphatic rings. The first kappa shape index (κ1) is 29.1. The van der Waals surface area contributed by atoms with Gasteiger partial charge in [0, 0.05) is 50.2 Å². The van der Waals surface area contributed by atoms with Gasteiger partial charge in [0.2, 0.25) is 0 Å². The predicted molar refractivity (Wildman–Crippen MR) is 214 cm³/mol. The molecule has 2 heterocycles. The molecule has 0 aliphatic heterocycles. The van der Waals surface area contributed by atoms with Crippen LogP contribution in [0.5, 0.6) is 0 Å². The van der Waals surface area contributed by atoms with Crippen LogP contribution in [0.2, 0.25) is 0 Å². The van der Waals surface area contributed by atoms with Gasteiger partial charge in [0.25, 0.3) is 0 Å². The van der Waals surface area contributed by atoms with E-state index in [-0.39, 0.29) is 0 Å². The van der Waals surface area contributed by atoms with E-state index < -0.39 is 0 Å². The first-order chi connectivity index (χ1) is 25.3. The van der Waals surface area contributed by atoms with Gasteiger partial charge in [-0.2, -0.15) is 0 Å². The summed E-state index contributed by atoms with van der Waals surface area (Å²) in [5.74, 6) is 0. The van der Waals surface area contributed by atoms with E-state index >= 15 is 0 Å². The lowest BCUT2D eigenvalue weighted by Gasteiger charge is -2.25. The Hall–Kier alpha value is -6.84. The molecule has 0 spiro atoms. The third-order valence-electron chi connectivity index (χ3n) is 10.0. The van der Waals surface area contributed by atoms with Crippen molar-refractivity contribution >= 4 is 60.8 Å². The third-order valence-corrected chi connectivity index (χ3v) is 10.0. The molecule has 3 nitrogen and oxygen atoms in total. The summed E-state index contributed by atoms with van der Waals surface area (Å²) >= 11 is 0. The van der Waals surface area contributed by atoms with Crippen LogP contribution in [0.25, 0.3) is 71.7 Å². The van der Waals surface area contributed by atoms with Gasteiger partial charge in [-0.15, -0.1) is 0 Å². The lowest BCUT2D eigenvalue weighted by molar-refractivity contribution is 0.669. The van der Waals surface area contributed by atoms with Crippen LogP contribution in [0, 0.1) is 0 Å². The van der Waals surface area contributed by atoms with Crippen LogP contribution in [0.3, 0.4) is 0 Å². The van der Waals surface area contributed by atoms with E-state index in [4.69, 9.17) is 4.42 Å². The van der Waals surface area contributed by atoms with Crippen molar-refractivity contribution in [2.45, 2.75) is 0 Å². The minimum Gasteiger partial charge on any atom is -0.456 e. The van der Waals surface area contributed by atoms with E-state index in [0.717, 1.165) is 39.0 Å². The molecule has 0 saturated heterocycles. The summed E-state index contributed by atoms with van der Waals surface area (Å²) in [6.07, 6.45) is 0.